The van der Waals surface area contributed by atoms with Crippen LogP contribution in [-0.4, -0.2) is 67.8 Å². The van der Waals surface area contributed by atoms with Gasteiger partial charge in [0.2, 0.25) is 0 Å². The van der Waals surface area contributed by atoms with Crippen molar-refractivity contribution in [3.8, 4) is 0 Å². The molecule has 0 atom stereocenters. The molecule has 0 heterocycles. The molecular weight excluding hydrogens is 302 g/mol. The van der Waals surface area contributed by atoms with Crippen LogP contribution in [0.1, 0.15) is 5.56 Å². The number of carbonyl (C=O) groups is 1. The molecule has 0 saturated carbocycles. The summed E-state index contributed by atoms with van der Waals surface area (Å²) in [6.45, 7) is 2.29. The number of hydrogen-bond donors (Lipinski definition) is 2. The molecule has 0 unspecified atom stereocenters. The average molecular weight is 329 g/mol. The van der Waals surface area contributed by atoms with Crippen molar-refractivity contribution in [1.29, 1.82) is 0 Å². The van der Waals surface area contributed by atoms with E-state index >= 15 is 0 Å². The number of aliphatic hydroxyl groups excluding tert-OH is 1. The first-order valence-corrected chi connectivity index (χ1v) is 8.37. The third kappa shape index (κ3) is 5.22. The molecule has 2 N–H and O–H groups in total. The molecule has 0 saturated heterocycles. The minimum atomic E-state index is -0.119. The van der Waals surface area contributed by atoms with E-state index in [-0.39, 0.29) is 12.6 Å². The van der Waals surface area contributed by atoms with Gasteiger partial charge in [0.15, 0.2) is 0 Å². The number of amides is 2. The van der Waals surface area contributed by atoms with Gasteiger partial charge in [0.05, 0.1) is 6.61 Å². The summed E-state index contributed by atoms with van der Waals surface area (Å²) in [5.74, 6) is 0. The van der Waals surface area contributed by atoms with Gasteiger partial charge in [-0.3, -0.25) is 0 Å². The molecule has 24 heavy (non-hydrogen) atoms. The summed E-state index contributed by atoms with van der Waals surface area (Å²) in [5.41, 5.74) is 1.23. The van der Waals surface area contributed by atoms with Gasteiger partial charge in [-0.2, -0.15) is 0 Å². The van der Waals surface area contributed by atoms with Crippen molar-refractivity contribution in [2.75, 3.05) is 46.9 Å². The van der Waals surface area contributed by atoms with E-state index in [4.69, 9.17) is 5.11 Å². The number of benzene rings is 2. The van der Waals surface area contributed by atoms with Crippen molar-refractivity contribution < 1.29 is 9.90 Å². The van der Waals surface area contributed by atoms with Crippen LogP contribution in [0.25, 0.3) is 10.8 Å². The van der Waals surface area contributed by atoms with Crippen LogP contribution in [0.2, 0.25) is 0 Å². The number of hydrogen-bond acceptors (Lipinski definition) is 3. The van der Waals surface area contributed by atoms with Gasteiger partial charge < -0.3 is 20.2 Å². The van der Waals surface area contributed by atoms with Crippen LogP contribution in [0.4, 0.5) is 4.79 Å². The lowest BCUT2D eigenvalue weighted by Crippen LogP contribution is -2.44. The first-order chi connectivity index (χ1) is 11.6. The van der Waals surface area contributed by atoms with Gasteiger partial charge in [0.25, 0.3) is 0 Å². The van der Waals surface area contributed by atoms with E-state index in [1.807, 2.05) is 31.1 Å². The molecule has 0 aliphatic rings. The van der Waals surface area contributed by atoms with Crippen LogP contribution in [0, 0.1) is 0 Å². The maximum atomic E-state index is 12.3. The Hall–Kier alpha value is -2.11. The second-order valence-corrected chi connectivity index (χ2v) is 6.13. The van der Waals surface area contributed by atoms with Crippen LogP contribution < -0.4 is 5.32 Å². The van der Waals surface area contributed by atoms with Crippen LogP contribution >= 0.6 is 0 Å². The predicted octanol–water partition coefficient (Wildman–Crippen LogP) is 1.95. The monoisotopic (exact) mass is 329 g/mol. The van der Waals surface area contributed by atoms with Crippen molar-refractivity contribution in [3.63, 3.8) is 0 Å². The van der Waals surface area contributed by atoms with Crippen LogP contribution in [-0.2, 0) is 6.42 Å². The standard InChI is InChI=1S/C19H27N3O2/c1-21(2)12-13-22(14-15-23)19(24)20-11-10-17-8-5-7-16-6-3-4-9-18(16)17/h3-9,23H,10-15H2,1-2H3,(H,20,24). The van der Waals surface area contributed by atoms with Crippen molar-refractivity contribution in [3.05, 3.63) is 48.0 Å². The third-order valence-electron chi connectivity index (χ3n) is 4.02. The predicted molar refractivity (Wildman–Crippen MR) is 98.3 cm³/mol. The zero-order chi connectivity index (χ0) is 17.4. The van der Waals surface area contributed by atoms with E-state index in [1.165, 1.54) is 16.3 Å². The molecule has 2 aromatic rings. The number of aliphatic hydroxyl groups is 1. The molecule has 5 nitrogen and oxygen atoms in total. The summed E-state index contributed by atoms with van der Waals surface area (Å²) in [5, 5.41) is 14.5. The highest BCUT2D eigenvalue weighted by atomic mass is 16.3. The van der Waals surface area contributed by atoms with E-state index in [9.17, 15) is 4.79 Å². The highest BCUT2D eigenvalue weighted by Crippen LogP contribution is 2.18. The Morgan fingerprint density at radius 2 is 1.79 bits per heavy atom. The van der Waals surface area contributed by atoms with Crippen LogP contribution in [0.3, 0.4) is 0 Å². The Bertz CT molecular complexity index is 653. The lowest BCUT2D eigenvalue weighted by Gasteiger charge is -2.24. The Balaban J connectivity index is 1.90. The summed E-state index contributed by atoms with van der Waals surface area (Å²) < 4.78 is 0. The number of likely N-dealkylation sites (N-methyl/N-ethyl adjacent to an activating group) is 1. The summed E-state index contributed by atoms with van der Waals surface area (Å²) in [4.78, 5) is 16.0. The lowest BCUT2D eigenvalue weighted by molar-refractivity contribution is 0.171. The van der Waals surface area contributed by atoms with Gasteiger partial charge in [0.1, 0.15) is 0 Å². The van der Waals surface area contributed by atoms with E-state index in [0.717, 1.165) is 13.0 Å². The quantitative estimate of drug-likeness (QED) is 0.778. The smallest absolute Gasteiger partial charge is 0.317 e. The molecule has 0 spiro atoms. The van der Waals surface area contributed by atoms with Gasteiger partial charge in [0, 0.05) is 26.2 Å². The fourth-order valence-corrected chi connectivity index (χ4v) is 2.68. The number of rotatable bonds is 8. The number of nitrogens with one attached hydrogen (secondary N) is 1. The summed E-state index contributed by atoms with van der Waals surface area (Å²) in [6, 6.07) is 14.4. The van der Waals surface area contributed by atoms with Gasteiger partial charge in [-0.25, -0.2) is 4.79 Å². The van der Waals surface area contributed by atoms with Gasteiger partial charge in [-0.1, -0.05) is 42.5 Å². The zero-order valence-corrected chi connectivity index (χ0v) is 14.5. The first-order valence-electron chi connectivity index (χ1n) is 8.37. The molecule has 0 radical (unpaired) electrons. The molecule has 0 bridgehead atoms. The summed E-state index contributed by atoms with van der Waals surface area (Å²) in [6.07, 6.45) is 0.785. The molecule has 0 fully saturated rings. The Morgan fingerprint density at radius 1 is 1.04 bits per heavy atom. The van der Waals surface area contributed by atoms with Crippen molar-refractivity contribution in [2.45, 2.75) is 6.42 Å². The first kappa shape index (κ1) is 18.2. The second kappa shape index (κ2) is 9.25. The Labute approximate surface area is 143 Å². The van der Waals surface area contributed by atoms with Crippen molar-refractivity contribution >= 4 is 16.8 Å². The van der Waals surface area contributed by atoms with Gasteiger partial charge >= 0.3 is 6.03 Å². The van der Waals surface area contributed by atoms with E-state index < -0.39 is 0 Å². The van der Waals surface area contributed by atoms with E-state index in [1.54, 1.807) is 4.90 Å². The number of urea groups is 1. The molecule has 2 aromatic carbocycles. The Morgan fingerprint density at radius 3 is 2.54 bits per heavy atom. The number of nitrogens with zero attached hydrogens (tertiary/aromatic N) is 2. The molecule has 5 heteroatoms. The molecule has 130 valence electrons. The van der Waals surface area contributed by atoms with Crippen molar-refractivity contribution in [1.82, 2.24) is 15.1 Å². The molecule has 0 aromatic heterocycles. The number of fused-ring (bicyclic) bond motifs is 1. The van der Waals surface area contributed by atoms with Gasteiger partial charge in [-0.05, 0) is 36.9 Å². The molecule has 2 amide bonds. The largest absolute Gasteiger partial charge is 0.395 e. The van der Waals surface area contributed by atoms with E-state index in [0.29, 0.717) is 19.6 Å². The third-order valence-corrected chi connectivity index (χ3v) is 4.02. The minimum Gasteiger partial charge on any atom is -0.395 e. The van der Waals surface area contributed by atoms with Gasteiger partial charge in [-0.15, -0.1) is 0 Å². The maximum Gasteiger partial charge on any atom is 0.317 e. The SMILES string of the molecule is CN(C)CCN(CCO)C(=O)NCCc1cccc2ccccc12. The van der Waals surface area contributed by atoms with Crippen LogP contribution in [0.5, 0.6) is 0 Å². The normalized spacial score (nSPS) is 11.0. The highest BCUT2D eigenvalue weighted by Gasteiger charge is 2.12. The Kier molecular flexibility index (Phi) is 7.03. The van der Waals surface area contributed by atoms with Crippen LogP contribution in [0.15, 0.2) is 42.5 Å². The average Bonchev–Trinajstić information content (AvgIpc) is 2.58. The molecule has 0 aliphatic heterocycles. The fraction of sp³-hybridized carbons (Fsp3) is 0.421. The maximum absolute atomic E-state index is 12.3. The molecule has 2 rings (SSSR count). The second-order valence-electron chi connectivity index (χ2n) is 6.13. The van der Waals surface area contributed by atoms with Crippen molar-refractivity contribution in [2.24, 2.45) is 0 Å². The number of carbonyl (C=O) groups excluding carboxylic acids is 1. The zero-order valence-electron chi connectivity index (χ0n) is 14.5. The summed E-state index contributed by atoms with van der Waals surface area (Å²) >= 11 is 0. The topological polar surface area (TPSA) is 55.8 Å². The van der Waals surface area contributed by atoms with E-state index in [2.05, 4.69) is 35.6 Å². The fourth-order valence-electron chi connectivity index (χ4n) is 2.68. The minimum absolute atomic E-state index is 0.0236. The lowest BCUT2D eigenvalue weighted by atomic mass is 10.0. The molecular formula is C19H27N3O2. The molecule has 0 aliphatic carbocycles. The highest BCUT2D eigenvalue weighted by molar-refractivity contribution is 5.85. The summed E-state index contributed by atoms with van der Waals surface area (Å²) in [7, 11) is 3.94.